The highest BCUT2D eigenvalue weighted by Crippen LogP contribution is 2.45. The summed E-state index contributed by atoms with van der Waals surface area (Å²) >= 11 is 0. The standard InChI is InChI=1S/C44H28O/c1-2-12-29(13-3-1)30-14-10-16-33(26-30)43-36-19-4-6-21-38(36)44(39-22-7-5-20-37(39)43)34-17-11-15-31(27-34)32-24-25-42-40(28-32)35-18-8-9-23-41(35)45-42/h1-28H/i1D,2D,3D,10D,12D,13D,14D,16D,26D. The third-order valence-corrected chi connectivity index (χ3v) is 8.42. The van der Waals surface area contributed by atoms with Gasteiger partial charge in [0.25, 0.3) is 0 Å². The molecular formula is C44H28O. The third kappa shape index (κ3) is 4.24. The molecule has 0 atom stereocenters. The Morgan fingerprint density at radius 1 is 0.356 bits per heavy atom. The number of rotatable bonds is 4. The van der Waals surface area contributed by atoms with Crippen molar-refractivity contribution in [2.24, 2.45) is 0 Å². The van der Waals surface area contributed by atoms with Crippen molar-refractivity contribution in [3.8, 4) is 44.5 Å². The van der Waals surface area contributed by atoms with Gasteiger partial charge in [0, 0.05) is 10.8 Å². The van der Waals surface area contributed by atoms with Gasteiger partial charge < -0.3 is 4.42 Å². The average Bonchev–Trinajstić information content (AvgIpc) is 3.57. The Morgan fingerprint density at radius 3 is 1.64 bits per heavy atom. The summed E-state index contributed by atoms with van der Waals surface area (Å²) < 4.78 is 84.4. The van der Waals surface area contributed by atoms with E-state index in [1.54, 1.807) is 0 Å². The van der Waals surface area contributed by atoms with Crippen molar-refractivity contribution >= 4 is 43.5 Å². The van der Waals surface area contributed by atoms with Gasteiger partial charge in [-0.25, -0.2) is 0 Å². The van der Waals surface area contributed by atoms with Crippen molar-refractivity contribution in [1.82, 2.24) is 0 Å². The Bertz CT molecular complexity index is 2970. The predicted octanol–water partition coefficient (Wildman–Crippen LogP) is 12.6. The summed E-state index contributed by atoms with van der Waals surface area (Å²) in [5, 5.41) is 5.16. The van der Waals surface area contributed by atoms with Crippen LogP contribution >= 0.6 is 0 Å². The summed E-state index contributed by atoms with van der Waals surface area (Å²) in [5.41, 5.74) is 5.49. The van der Waals surface area contributed by atoms with Crippen LogP contribution in [0.5, 0.6) is 0 Å². The van der Waals surface area contributed by atoms with Gasteiger partial charge in [-0.1, -0.05) is 139 Å². The molecule has 0 saturated carbocycles. The zero-order chi connectivity index (χ0) is 37.6. The first-order chi connectivity index (χ1) is 26.1. The van der Waals surface area contributed by atoms with E-state index >= 15 is 0 Å². The summed E-state index contributed by atoms with van der Waals surface area (Å²) in [5.74, 6) is 0. The minimum Gasteiger partial charge on any atom is -0.456 e. The van der Waals surface area contributed by atoms with E-state index in [9.17, 15) is 1.37 Å². The fraction of sp³-hybridized carbons (Fsp3) is 0. The van der Waals surface area contributed by atoms with Crippen LogP contribution in [0.3, 0.4) is 0 Å². The van der Waals surface area contributed by atoms with E-state index in [-0.39, 0.29) is 28.8 Å². The van der Waals surface area contributed by atoms with Gasteiger partial charge in [0.2, 0.25) is 0 Å². The van der Waals surface area contributed by atoms with Gasteiger partial charge in [-0.05, 0) is 96.4 Å². The molecule has 0 unspecified atom stereocenters. The summed E-state index contributed by atoms with van der Waals surface area (Å²) in [6.07, 6.45) is 0. The highest BCUT2D eigenvalue weighted by atomic mass is 16.3. The SMILES string of the molecule is [2H]c1c([2H])c([2H])c(-c2c([2H])c([2H])c([2H])c(-c3c4ccccc4c(-c4cccc(-c5ccc6oc7ccccc7c6c5)c4)c4ccccc34)c2[2H])c([2H])c1[2H]. The first-order valence-electron chi connectivity index (χ1n) is 19.2. The summed E-state index contributed by atoms with van der Waals surface area (Å²) in [6, 6.07) is 33.1. The first-order valence-corrected chi connectivity index (χ1v) is 14.7. The van der Waals surface area contributed by atoms with Crippen LogP contribution in [0.4, 0.5) is 0 Å². The van der Waals surface area contributed by atoms with E-state index in [4.69, 9.17) is 15.4 Å². The molecule has 210 valence electrons. The van der Waals surface area contributed by atoms with Gasteiger partial charge in [0.15, 0.2) is 0 Å². The minimum absolute atomic E-state index is 0.0474. The molecule has 0 aliphatic rings. The zero-order valence-electron chi connectivity index (χ0n) is 32.9. The second-order valence-electron chi connectivity index (χ2n) is 11.0. The maximum atomic E-state index is 9.51. The molecule has 1 aromatic heterocycles. The van der Waals surface area contributed by atoms with Crippen LogP contribution in [0.2, 0.25) is 0 Å². The van der Waals surface area contributed by atoms with E-state index in [0.717, 1.165) is 55.0 Å². The molecular weight excluding hydrogens is 544 g/mol. The van der Waals surface area contributed by atoms with Crippen molar-refractivity contribution in [2.75, 3.05) is 0 Å². The van der Waals surface area contributed by atoms with Gasteiger partial charge in [0.05, 0.1) is 12.3 Å². The lowest BCUT2D eigenvalue weighted by Gasteiger charge is -2.18. The van der Waals surface area contributed by atoms with Gasteiger partial charge in [-0.2, -0.15) is 0 Å². The zero-order valence-corrected chi connectivity index (χ0v) is 23.9. The molecule has 45 heavy (non-hydrogen) atoms. The van der Waals surface area contributed by atoms with Crippen LogP contribution in [0.1, 0.15) is 12.3 Å². The molecule has 0 amide bonds. The Hall–Kier alpha value is -5.92. The molecule has 1 nitrogen and oxygen atoms in total. The third-order valence-electron chi connectivity index (χ3n) is 8.42. The van der Waals surface area contributed by atoms with Gasteiger partial charge >= 0.3 is 0 Å². The molecule has 0 bridgehead atoms. The van der Waals surface area contributed by atoms with E-state index in [0.29, 0.717) is 16.3 Å². The number of hydrogen-bond acceptors (Lipinski definition) is 1. The molecule has 1 heteroatoms. The maximum Gasteiger partial charge on any atom is 0.135 e. The molecule has 8 aromatic carbocycles. The Labute approximate surface area is 274 Å². The van der Waals surface area contributed by atoms with Crippen LogP contribution in [0.15, 0.2) is 174 Å². The predicted molar refractivity (Wildman–Crippen MR) is 190 cm³/mol. The normalized spacial score (nSPS) is 14.4. The Kier molecular flexibility index (Phi) is 4.15. The molecule has 0 aliphatic heterocycles. The number of benzene rings is 8. The quantitative estimate of drug-likeness (QED) is 0.188. The van der Waals surface area contributed by atoms with Crippen LogP contribution in [-0.4, -0.2) is 0 Å². The molecule has 9 rings (SSSR count). The molecule has 0 spiro atoms. The highest BCUT2D eigenvalue weighted by Gasteiger charge is 2.17. The van der Waals surface area contributed by atoms with E-state index in [1.807, 2.05) is 78.9 Å². The number of furan rings is 1. The second kappa shape index (κ2) is 10.4. The molecule has 0 saturated heterocycles. The van der Waals surface area contributed by atoms with Gasteiger partial charge in [-0.3, -0.25) is 0 Å². The lowest BCUT2D eigenvalue weighted by molar-refractivity contribution is 0.669. The topological polar surface area (TPSA) is 13.1 Å². The number of hydrogen-bond donors (Lipinski definition) is 0. The van der Waals surface area contributed by atoms with E-state index in [1.165, 1.54) is 0 Å². The second-order valence-corrected chi connectivity index (χ2v) is 11.0. The van der Waals surface area contributed by atoms with Crippen LogP contribution < -0.4 is 0 Å². The maximum absolute atomic E-state index is 9.51. The lowest BCUT2D eigenvalue weighted by Crippen LogP contribution is -1.91. The number of para-hydroxylation sites is 1. The van der Waals surface area contributed by atoms with E-state index in [2.05, 4.69) is 36.4 Å². The van der Waals surface area contributed by atoms with Crippen molar-refractivity contribution in [1.29, 1.82) is 0 Å². The molecule has 1 heterocycles. The molecule has 0 fully saturated rings. The molecule has 0 radical (unpaired) electrons. The van der Waals surface area contributed by atoms with Gasteiger partial charge in [-0.15, -0.1) is 0 Å². The highest BCUT2D eigenvalue weighted by molar-refractivity contribution is 6.21. The molecule has 9 aromatic rings. The Morgan fingerprint density at radius 2 is 0.911 bits per heavy atom. The smallest absolute Gasteiger partial charge is 0.135 e. The van der Waals surface area contributed by atoms with E-state index < -0.39 is 42.3 Å². The van der Waals surface area contributed by atoms with Crippen LogP contribution in [0.25, 0.3) is 88.0 Å². The monoisotopic (exact) mass is 581 g/mol. The minimum atomic E-state index is -0.603. The largest absolute Gasteiger partial charge is 0.456 e. The van der Waals surface area contributed by atoms with Crippen molar-refractivity contribution in [3.05, 3.63) is 170 Å². The molecule has 0 aliphatic carbocycles. The fourth-order valence-corrected chi connectivity index (χ4v) is 6.44. The Balaban J connectivity index is 1.32. The lowest BCUT2D eigenvalue weighted by atomic mass is 9.85. The summed E-state index contributed by atoms with van der Waals surface area (Å²) in [6.45, 7) is 0. The number of fused-ring (bicyclic) bond motifs is 5. The molecule has 0 N–H and O–H groups in total. The fourth-order valence-electron chi connectivity index (χ4n) is 6.44. The van der Waals surface area contributed by atoms with Crippen LogP contribution in [-0.2, 0) is 0 Å². The van der Waals surface area contributed by atoms with Gasteiger partial charge in [0.1, 0.15) is 11.2 Å². The first kappa shape index (κ1) is 18.0. The van der Waals surface area contributed by atoms with Crippen molar-refractivity contribution in [3.63, 3.8) is 0 Å². The average molecular weight is 582 g/mol. The summed E-state index contributed by atoms with van der Waals surface area (Å²) in [7, 11) is 0. The van der Waals surface area contributed by atoms with Crippen LogP contribution in [0, 0.1) is 0 Å². The van der Waals surface area contributed by atoms with Crippen molar-refractivity contribution < 1.29 is 16.8 Å². The summed E-state index contributed by atoms with van der Waals surface area (Å²) in [4.78, 5) is 0. The van der Waals surface area contributed by atoms with Crippen molar-refractivity contribution in [2.45, 2.75) is 0 Å².